The van der Waals surface area contributed by atoms with E-state index < -0.39 is 12.1 Å². The molecular weight excluding hydrogens is 207 g/mol. The van der Waals surface area contributed by atoms with E-state index in [1.54, 1.807) is 0 Å². The smallest absolute Gasteiger partial charge is 0.393 e. The Kier molecular flexibility index (Phi) is 2.71. The minimum absolute atomic E-state index is 0.0690. The van der Waals surface area contributed by atoms with Crippen molar-refractivity contribution in [3.8, 4) is 0 Å². The summed E-state index contributed by atoms with van der Waals surface area (Å²) in [6, 6.07) is 0. The van der Waals surface area contributed by atoms with Gasteiger partial charge in [-0.3, -0.25) is 0 Å². The van der Waals surface area contributed by atoms with Gasteiger partial charge in [-0.05, 0) is 25.8 Å². The van der Waals surface area contributed by atoms with Gasteiger partial charge in [0.05, 0.1) is 5.92 Å². The van der Waals surface area contributed by atoms with Gasteiger partial charge in [0.25, 0.3) is 0 Å². The van der Waals surface area contributed by atoms with Crippen LogP contribution in [-0.2, 0) is 0 Å². The van der Waals surface area contributed by atoms with Crippen molar-refractivity contribution in [3.63, 3.8) is 0 Å². The van der Waals surface area contributed by atoms with Gasteiger partial charge in [0, 0.05) is 25.1 Å². The molecule has 5 heteroatoms. The van der Waals surface area contributed by atoms with Gasteiger partial charge in [-0.15, -0.1) is 0 Å². The zero-order chi connectivity index (χ0) is 11.1. The first kappa shape index (κ1) is 11.2. The first-order valence-electron chi connectivity index (χ1n) is 5.35. The molecule has 1 saturated carbocycles. The van der Waals surface area contributed by atoms with Crippen LogP contribution in [0.4, 0.5) is 13.2 Å². The fraction of sp³-hybridized carbons (Fsp3) is 1.00. The molecule has 1 unspecified atom stereocenters. The Morgan fingerprint density at radius 1 is 1.33 bits per heavy atom. The van der Waals surface area contributed by atoms with Crippen molar-refractivity contribution in [2.75, 3.05) is 26.2 Å². The SMILES string of the molecule is OCC1(CN2CCC(C(F)(F)F)C2)CC1. The van der Waals surface area contributed by atoms with Crippen LogP contribution < -0.4 is 0 Å². The molecule has 1 atom stereocenters. The average molecular weight is 223 g/mol. The first-order chi connectivity index (χ1) is 6.95. The van der Waals surface area contributed by atoms with Gasteiger partial charge in [-0.1, -0.05) is 0 Å². The standard InChI is InChI=1S/C10H16F3NO/c11-10(12,13)8-1-4-14(5-8)6-9(7-15)2-3-9/h8,15H,1-7H2. The lowest BCUT2D eigenvalue weighted by molar-refractivity contribution is -0.170. The Hall–Kier alpha value is -0.290. The summed E-state index contributed by atoms with van der Waals surface area (Å²) in [7, 11) is 0. The molecule has 2 nitrogen and oxygen atoms in total. The molecule has 0 aromatic carbocycles. The molecule has 15 heavy (non-hydrogen) atoms. The summed E-state index contributed by atoms with van der Waals surface area (Å²) in [5.41, 5.74) is -0.0690. The van der Waals surface area contributed by atoms with Crippen molar-refractivity contribution in [2.45, 2.75) is 25.4 Å². The Morgan fingerprint density at radius 2 is 2.00 bits per heavy atom. The second-order valence-electron chi connectivity index (χ2n) is 4.92. The van der Waals surface area contributed by atoms with E-state index >= 15 is 0 Å². The maximum atomic E-state index is 12.4. The van der Waals surface area contributed by atoms with Crippen LogP contribution in [0.3, 0.4) is 0 Å². The molecule has 0 bridgehead atoms. The number of hydrogen-bond acceptors (Lipinski definition) is 2. The largest absolute Gasteiger partial charge is 0.396 e. The highest BCUT2D eigenvalue weighted by molar-refractivity contribution is 4.96. The van der Waals surface area contributed by atoms with Crippen LogP contribution in [0.2, 0.25) is 0 Å². The van der Waals surface area contributed by atoms with Crippen LogP contribution in [0.5, 0.6) is 0 Å². The molecule has 1 aliphatic heterocycles. The lowest BCUT2D eigenvalue weighted by Crippen LogP contribution is -2.32. The summed E-state index contributed by atoms with van der Waals surface area (Å²) in [4.78, 5) is 1.85. The third kappa shape index (κ3) is 2.45. The molecule has 0 radical (unpaired) electrons. The van der Waals surface area contributed by atoms with Gasteiger partial charge in [-0.25, -0.2) is 0 Å². The van der Waals surface area contributed by atoms with Crippen LogP contribution in [-0.4, -0.2) is 42.4 Å². The van der Waals surface area contributed by atoms with Crippen molar-refractivity contribution in [2.24, 2.45) is 11.3 Å². The molecule has 1 aliphatic carbocycles. The zero-order valence-electron chi connectivity index (χ0n) is 8.56. The molecule has 1 saturated heterocycles. The van der Waals surface area contributed by atoms with Crippen molar-refractivity contribution < 1.29 is 18.3 Å². The number of aliphatic hydroxyl groups is 1. The molecule has 1 N–H and O–H groups in total. The van der Waals surface area contributed by atoms with E-state index in [0.29, 0.717) is 13.1 Å². The van der Waals surface area contributed by atoms with Crippen LogP contribution in [0.1, 0.15) is 19.3 Å². The lowest BCUT2D eigenvalue weighted by atomic mass is 10.1. The fourth-order valence-electron chi connectivity index (χ4n) is 2.26. The second-order valence-corrected chi connectivity index (χ2v) is 4.92. The normalized spacial score (nSPS) is 30.8. The quantitative estimate of drug-likeness (QED) is 0.786. The molecule has 0 spiro atoms. The van der Waals surface area contributed by atoms with E-state index in [9.17, 15) is 13.2 Å². The molecule has 2 aliphatic rings. The highest BCUT2D eigenvalue weighted by atomic mass is 19.4. The molecule has 0 aromatic rings. The van der Waals surface area contributed by atoms with Crippen LogP contribution >= 0.6 is 0 Å². The first-order valence-corrected chi connectivity index (χ1v) is 5.35. The maximum Gasteiger partial charge on any atom is 0.393 e. The number of halogens is 3. The van der Waals surface area contributed by atoms with E-state index in [4.69, 9.17) is 5.11 Å². The summed E-state index contributed by atoms with van der Waals surface area (Å²) >= 11 is 0. The summed E-state index contributed by atoms with van der Waals surface area (Å²) in [6.45, 7) is 1.38. The van der Waals surface area contributed by atoms with Crippen LogP contribution in [0, 0.1) is 11.3 Å². The van der Waals surface area contributed by atoms with E-state index in [1.807, 2.05) is 4.90 Å². The van der Waals surface area contributed by atoms with Gasteiger partial charge in [0.15, 0.2) is 0 Å². The van der Waals surface area contributed by atoms with E-state index in [-0.39, 0.29) is 25.0 Å². The lowest BCUT2D eigenvalue weighted by Gasteiger charge is -2.22. The highest BCUT2D eigenvalue weighted by Crippen LogP contribution is 2.46. The number of alkyl halides is 3. The number of rotatable bonds is 3. The summed E-state index contributed by atoms with van der Waals surface area (Å²) in [5.74, 6) is -1.16. The minimum Gasteiger partial charge on any atom is -0.396 e. The summed E-state index contributed by atoms with van der Waals surface area (Å²) in [5, 5.41) is 9.09. The van der Waals surface area contributed by atoms with Crippen LogP contribution in [0.25, 0.3) is 0 Å². The predicted molar refractivity (Wildman–Crippen MR) is 49.4 cm³/mol. The molecule has 2 fully saturated rings. The van der Waals surface area contributed by atoms with Crippen molar-refractivity contribution >= 4 is 0 Å². The van der Waals surface area contributed by atoms with Crippen molar-refractivity contribution in [3.05, 3.63) is 0 Å². The molecule has 2 rings (SSSR count). The van der Waals surface area contributed by atoms with Gasteiger partial charge in [-0.2, -0.15) is 13.2 Å². The topological polar surface area (TPSA) is 23.5 Å². The minimum atomic E-state index is -4.05. The predicted octanol–water partition coefficient (Wildman–Crippen LogP) is 1.64. The number of nitrogens with zero attached hydrogens (tertiary/aromatic N) is 1. The van der Waals surface area contributed by atoms with E-state index in [1.165, 1.54) is 0 Å². The zero-order valence-corrected chi connectivity index (χ0v) is 8.56. The second kappa shape index (κ2) is 3.63. The van der Waals surface area contributed by atoms with E-state index in [0.717, 1.165) is 12.8 Å². The van der Waals surface area contributed by atoms with Gasteiger partial charge >= 0.3 is 6.18 Å². The molecular formula is C10H16F3NO. The Labute approximate surface area is 87.1 Å². The Morgan fingerprint density at radius 3 is 2.40 bits per heavy atom. The summed E-state index contributed by atoms with van der Waals surface area (Å²) in [6.07, 6.45) is -1.93. The molecule has 0 aromatic heterocycles. The third-order valence-electron chi connectivity index (χ3n) is 3.59. The number of aliphatic hydroxyl groups excluding tert-OH is 1. The molecule has 1 heterocycles. The Balaban J connectivity index is 1.83. The fourth-order valence-corrected chi connectivity index (χ4v) is 2.26. The van der Waals surface area contributed by atoms with Crippen molar-refractivity contribution in [1.82, 2.24) is 4.90 Å². The summed E-state index contributed by atoms with van der Waals surface area (Å²) < 4.78 is 37.2. The van der Waals surface area contributed by atoms with Crippen molar-refractivity contribution in [1.29, 1.82) is 0 Å². The highest BCUT2D eigenvalue weighted by Gasteiger charge is 2.48. The average Bonchev–Trinajstić information content (AvgIpc) is 2.73. The number of hydrogen-bond donors (Lipinski definition) is 1. The Bertz CT molecular complexity index is 237. The molecule has 0 amide bonds. The number of likely N-dealkylation sites (tertiary alicyclic amines) is 1. The molecule has 88 valence electrons. The van der Waals surface area contributed by atoms with Gasteiger partial charge in [0.2, 0.25) is 0 Å². The monoisotopic (exact) mass is 223 g/mol. The van der Waals surface area contributed by atoms with E-state index in [2.05, 4.69) is 0 Å². The van der Waals surface area contributed by atoms with Crippen LogP contribution in [0.15, 0.2) is 0 Å². The maximum absolute atomic E-state index is 12.4. The van der Waals surface area contributed by atoms with Gasteiger partial charge in [0.1, 0.15) is 0 Å². The third-order valence-corrected chi connectivity index (χ3v) is 3.59. The van der Waals surface area contributed by atoms with Gasteiger partial charge < -0.3 is 10.0 Å².